The lowest BCUT2D eigenvalue weighted by atomic mass is 10.1. The zero-order valence-electron chi connectivity index (χ0n) is 19.1. The number of nitriles is 1. The molecule has 0 radical (unpaired) electrons. The first-order valence-electron chi connectivity index (χ1n) is 11.3. The van der Waals surface area contributed by atoms with Crippen LogP contribution in [0.1, 0.15) is 18.4 Å². The zero-order chi connectivity index (χ0) is 24.5. The van der Waals surface area contributed by atoms with Crippen LogP contribution < -0.4 is 14.7 Å². The van der Waals surface area contributed by atoms with Crippen molar-refractivity contribution in [2.45, 2.75) is 12.8 Å². The van der Waals surface area contributed by atoms with Crippen LogP contribution in [0.25, 0.3) is 11.3 Å². The van der Waals surface area contributed by atoms with Crippen LogP contribution in [0.5, 0.6) is 0 Å². The maximum Gasteiger partial charge on any atom is 0.232 e. The van der Waals surface area contributed by atoms with Crippen molar-refractivity contribution < 1.29 is 4.39 Å². The molecule has 35 heavy (non-hydrogen) atoms. The number of piperazine rings is 1. The highest BCUT2D eigenvalue weighted by Gasteiger charge is 2.27. The minimum Gasteiger partial charge on any atom is -0.348 e. The van der Waals surface area contributed by atoms with Crippen molar-refractivity contribution in [3.05, 3.63) is 83.6 Å². The van der Waals surface area contributed by atoms with E-state index in [1.54, 1.807) is 18.2 Å². The predicted molar refractivity (Wildman–Crippen MR) is 136 cm³/mol. The number of allylic oxidation sites excluding steroid dienone is 1. The SMILES string of the molecule is C=C1CN(c2ncc(C#N)cc2Cl)CCN1c1cc(-c2ccc(F)cc2)nc(N2CCCC2=C)n1. The largest absolute Gasteiger partial charge is 0.348 e. The van der Waals surface area contributed by atoms with Gasteiger partial charge in [-0.15, -0.1) is 0 Å². The van der Waals surface area contributed by atoms with Crippen LogP contribution in [0.15, 0.2) is 67.1 Å². The molecule has 176 valence electrons. The third-order valence-electron chi connectivity index (χ3n) is 6.19. The second-order valence-corrected chi connectivity index (χ2v) is 8.93. The quantitative estimate of drug-likeness (QED) is 0.503. The summed E-state index contributed by atoms with van der Waals surface area (Å²) < 4.78 is 13.5. The monoisotopic (exact) mass is 487 g/mol. The number of anilines is 3. The lowest BCUT2D eigenvalue weighted by Crippen LogP contribution is -2.45. The summed E-state index contributed by atoms with van der Waals surface area (Å²) in [6.07, 6.45) is 3.43. The van der Waals surface area contributed by atoms with E-state index in [0.29, 0.717) is 47.7 Å². The first kappa shape index (κ1) is 22.8. The molecule has 0 unspecified atom stereocenters. The van der Waals surface area contributed by atoms with Gasteiger partial charge in [0.2, 0.25) is 5.95 Å². The molecule has 5 rings (SSSR count). The van der Waals surface area contributed by atoms with E-state index in [-0.39, 0.29) is 5.82 Å². The molecule has 2 aromatic heterocycles. The maximum absolute atomic E-state index is 13.5. The Labute approximate surface area is 208 Å². The second-order valence-electron chi connectivity index (χ2n) is 8.52. The summed E-state index contributed by atoms with van der Waals surface area (Å²) in [4.78, 5) is 20.2. The van der Waals surface area contributed by atoms with E-state index in [2.05, 4.69) is 29.1 Å². The van der Waals surface area contributed by atoms with E-state index >= 15 is 0 Å². The van der Waals surface area contributed by atoms with E-state index in [1.165, 1.54) is 18.3 Å². The molecule has 0 atom stereocenters. The van der Waals surface area contributed by atoms with Gasteiger partial charge in [0, 0.05) is 48.9 Å². The summed E-state index contributed by atoms with van der Waals surface area (Å²) in [5, 5.41) is 9.51. The molecular formula is C26H23ClFN7. The Kier molecular flexibility index (Phi) is 6.10. The minimum atomic E-state index is -0.296. The van der Waals surface area contributed by atoms with Crippen LogP contribution in [0.3, 0.4) is 0 Å². The Hall–Kier alpha value is -3.96. The fourth-order valence-electron chi connectivity index (χ4n) is 4.37. The molecule has 0 spiro atoms. The van der Waals surface area contributed by atoms with Crippen LogP contribution in [0, 0.1) is 17.1 Å². The average molecular weight is 488 g/mol. The predicted octanol–water partition coefficient (Wildman–Crippen LogP) is 5.16. The van der Waals surface area contributed by atoms with Gasteiger partial charge in [0.15, 0.2) is 0 Å². The van der Waals surface area contributed by atoms with Gasteiger partial charge in [0.05, 0.1) is 22.8 Å². The number of rotatable bonds is 4. The van der Waals surface area contributed by atoms with Crippen molar-refractivity contribution in [2.75, 3.05) is 40.9 Å². The Morgan fingerprint density at radius 1 is 1.00 bits per heavy atom. The van der Waals surface area contributed by atoms with Crippen LogP contribution in [0.2, 0.25) is 5.02 Å². The summed E-state index contributed by atoms with van der Waals surface area (Å²) in [5.74, 6) is 1.62. The van der Waals surface area contributed by atoms with Crippen molar-refractivity contribution in [2.24, 2.45) is 0 Å². The van der Waals surface area contributed by atoms with Crippen LogP contribution in [-0.2, 0) is 0 Å². The fourth-order valence-corrected chi connectivity index (χ4v) is 4.66. The molecule has 2 fully saturated rings. The third kappa shape index (κ3) is 4.55. The molecular weight excluding hydrogens is 465 g/mol. The van der Waals surface area contributed by atoms with E-state index in [0.717, 1.165) is 42.2 Å². The molecule has 0 amide bonds. The molecule has 0 aliphatic carbocycles. The van der Waals surface area contributed by atoms with E-state index < -0.39 is 0 Å². The summed E-state index contributed by atoms with van der Waals surface area (Å²) >= 11 is 6.39. The summed E-state index contributed by atoms with van der Waals surface area (Å²) in [6.45, 7) is 11.0. The standard InChI is InChI=1S/C26H23ClFN7/c1-17-4-3-9-35(17)26-31-23(20-5-7-21(28)8-6-20)13-24(32-26)34-11-10-33(16-18(34)2)25-22(27)12-19(14-29)15-30-25/h5-8,12-13,15H,1-4,9-11,16H2. The van der Waals surface area contributed by atoms with Crippen LogP contribution in [0.4, 0.5) is 22.0 Å². The van der Waals surface area contributed by atoms with Gasteiger partial charge in [-0.25, -0.2) is 14.4 Å². The number of halogens is 2. The fraction of sp³-hybridized carbons (Fsp3) is 0.231. The van der Waals surface area contributed by atoms with E-state index in [9.17, 15) is 4.39 Å². The highest BCUT2D eigenvalue weighted by atomic mass is 35.5. The van der Waals surface area contributed by atoms with Crippen LogP contribution >= 0.6 is 11.6 Å². The van der Waals surface area contributed by atoms with Gasteiger partial charge >= 0.3 is 0 Å². The van der Waals surface area contributed by atoms with Gasteiger partial charge in [-0.2, -0.15) is 10.2 Å². The van der Waals surface area contributed by atoms with Crippen LogP contribution in [-0.4, -0.2) is 41.1 Å². The zero-order valence-corrected chi connectivity index (χ0v) is 19.8. The summed E-state index contributed by atoms with van der Waals surface area (Å²) in [6, 6.07) is 11.9. The molecule has 0 N–H and O–H groups in total. The van der Waals surface area contributed by atoms with Crippen molar-refractivity contribution in [3.8, 4) is 17.3 Å². The highest BCUT2D eigenvalue weighted by molar-refractivity contribution is 6.33. The lowest BCUT2D eigenvalue weighted by molar-refractivity contribution is 0.628. The molecule has 1 aromatic carbocycles. The Balaban J connectivity index is 1.46. The van der Waals surface area contributed by atoms with Crippen molar-refractivity contribution in [3.63, 3.8) is 0 Å². The molecule has 3 aromatic rings. The smallest absolute Gasteiger partial charge is 0.232 e. The van der Waals surface area contributed by atoms with Gasteiger partial charge in [-0.3, -0.25) is 0 Å². The van der Waals surface area contributed by atoms with Gasteiger partial charge in [0.1, 0.15) is 23.5 Å². The third-order valence-corrected chi connectivity index (χ3v) is 6.46. The highest BCUT2D eigenvalue weighted by Crippen LogP contribution is 2.33. The minimum absolute atomic E-state index is 0.296. The molecule has 7 nitrogen and oxygen atoms in total. The molecule has 9 heteroatoms. The molecule has 2 aliphatic rings. The number of hydrogen-bond acceptors (Lipinski definition) is 7. The maximum atomic E-state index is 13.5. The first-order chi connectivity index (χ1) is 16.9. The molecule has 4 heterocycles. The summed E-state index contributed by atoms with van der Waals surface area (Å²) in [5.41, 5.74) is 3.74. The van der Waals surface area contributed by atoms with Gasteiger partial charge in [0.25, 0.3) is 0 Å². The number of nitrogens with zero attached hydrogens (tertiary/aromatic N) is 7. The molecule has 0 bridgehead atoms. The Morgan fingerprint density at radius 2 is 1.80 bits per heavy atom. The number of hydrogen-bond donors (Lipinski definition) is 0. The Bertz CT molecular complexity index is 1350. The van der Waals surface area contributed by atoms with Gasteiger partial charge < -0.3 is 14.7 Å². The topological polar surface area (TPSA) is 72.2 Å². The number of benzene rings is 1. The van der Waals surface area contributed by atoms with Crippen molar-refractivity contribution >= 4 is 29.2 Å². The normalized spacial score (nSPS) is 16.1. The van der Waals surface area contributed by atoms with E-state index in [1.807, 2.05) is 15.9 Å². The first-order valence-corrected chi connectivity index (χ1v) is 11.7. The summed E-state index contributed by atoms with van der Waals surface area (Å²) in [7, 11) is 0. The van der Waals surface area contributed by atoms with Gasteiger partial charge in [-0.05, 0) is 43.2 Å². The average Bonchev–Trinajstić information content (AvgIpc) is 3.30. The number of pyridine rings is 1. The molecule has 2 saturated heterocycles. The van der Waals surface area contributed by atoms with Crippen molar-refractivity contribution in [1.82, 2.24) is 15.0 Å². The van der Waals surface area contributed by atoms with Gasteiger partial charge in [-0.1, -0.05) is 24.8 Å². The van der Waals surface area contributed by atoms with Crippen molar-refractivity contribution in [1.29, 1.82) is 5.26 Å². The molecule has 0 saturated carbocycles. The number of aromatic nitrogens is 3. The second kappa shape index (κ2) is 9.35. The van der Waals surface area contributed by atoms with E-state index in [4.69, 9.17) is 26.8 Å². The lowest BCUT2D eigenvalue weighted by Gasteiger charge is -2.38. The molecule has 2 aliphatic heterocycles. The Morgan fingerprint density at radius 3 is 2.46 bits per heavy atom.